The van der Waals surface area contributed by atoms with Gasteiger partial charge in [0.2, 0.25) is 5.91 Å². The first-order valence-corrected chi connectivity index (χ1v) is 10.2. The largest absolute Gasteiger partial charge is 0.497 e. The fraction of sp³-hybridized carbons (Fsp3) is 0.364. The molecule has 29 heavy (non-hydrogen) atoms. The molecule has 0 aliphatic rings. The molecule has 0 saturated heterocycles. The Bertz CT molecular complexity index is 807. The molecular weight excluding hydrogens is 436 g/mol. The molecule has 0 aromatic heterocycles. The number of nitrogens with zero attached hydrogens (tertiary/aromatic N) is 1. The van der Waals surface area contributed by atoms with Crippen LogP contribution in [0, 0.1) is 0 Å². The van der Waals surface area contributed by atoms with Gasteiger partial charge in [-0.3, -0.25) is 9.59 Å². The monoisotopic (exact) mass is 462 g/mol. The summed E-state index contributed by atoms with van der Waals surface area (Å²) in [7, 11) is 1.59. The summed E-state index contributed by atoms with van der Waals surface area (Å²) in [4.78, 5) is 27.0. The molecule has 0 heterocycles. The number of benzene rings is 2. The standard InChI is InChI=1S/C22H27BrN2O4/c1-15(2)24-22(27)16(3)25(13-17-5-7-18(23)8-6-17)21(26)14-29-20-11-9-19(28-4)10-12-20/h5-12,15-16H,13-14H2,1-4H3,(H,24,27). The highest BCUT2D eigenvalue weighted by Gasteiger charge is 2.26. The van der Waals surface area contributed by atoms with Crippen molar-refractivity contribution in [1.82, 2.24) is 10.2 Å². The average Bonchev–Trinajstić information content (AvgIpc) is 2.71. The average molecular weight is 463 g/mol. The van der Waals surface area contributed by atoms with Crippen LogP contribution in [-0.2, 0) is 16.1 Å². The Hall–Kier alpha value is -2.54. The predicted molar refractivity (Wildman–Crippen MR) is 116 cm³/mol. The Labute approximate surface area is 180 Å². The second kappa shape index (κ2) is 10.9. The SMILES string of the molecule is COc1ccc(OCC(=O)N(Cc2ccc(Br)cc2)C(C)C(=O)NC(C)C)cc1. The van der Waals surface area contributed by atoms with Crippen molar-refractivity contribution >= 4 is 27.7 Å². The normalized spacial score (nSPS) is 11.7. The molecule has 1 unspecified atom stereocenters. The lowest BCUT2D eigenvalue weighted by atomic mass is 10.1. The Morgan fingerprint density at radius 1 is 1.00 bits per heavy atom. The summed E-state index contributed by atoms with van der Waals surface area (Å²) in [6, 6.07) is 14.0. The van der Waals surface area contributed by atoms with Gasteiger partial charge in [0, 0.05) is 17.1 Å². The first-order chi connectivity index (χ1) is 13.8. The molecule has 0 bridgehead atoms. The fourth-order valence-electron chi connectivity index (χ4n) is 2.67. The Morgan fingerprint density at radius 2 is 1.59 bits per heavy atom. The van der Waals surface area contributed by atoms with Crippen LogP contribution >= 0.6 is 15.9 Å². The van der Waals surface area contributed by atoms with Crippen molar-refractivity contribution in [1.29, 1.82) is 0 Å². The van der Waals surface area contributed by atoms with Crippen molar-refractivity contribution in [3.05, 3.63) is 58.6 Å². The van der Waals surface area contributed by atoms with Gasteiger partial charge in [-0.25, -0.2) is 0 Å². The Morgan fingerprint density at radius 3 is 2.14 bits per heavy atom. The molecule has 2 aromatic rings. The fourth-order valence-corrected chi connectivity index (χ4v) is 2.94. The zero-order chi connectivity index (χ0) is 21.4. The minimum atomic E-state index is -0.631. The van der Waals surface area contributed by atoms with Crippen molar-refractivity contribution < 1.29 is 19.1 Å². The molecule has 6 nitrogen and oxygen atoms in total. The zero-order valence-corrected chi connectivity index (χ0v) is 18.7. The number of nitrogens with one attached hydrogen (secondary N) is 1. The minimum Gasteiger partial charge on any atom is -0.497 e. The number of ether oxygens (including phenoxy) is 2. The number of methoxy groups -OCH3 is 1. The van der Waals surface area contributed by atoms with Crippen molar-refractivity contribution in [2.24, 2.45) is 0 Å². The topological polar surface area (TPSA) is 67.9 Å². The van der Waals surface area contributed by atoms with Gasteiger partial charge in [0.1, 0.15) is 17.5 Å². The van der Waals surface area contributed by atoms with E-state index in [2.05, 4.69) is 21.2 Å². The van der Waals surface area contributed by atoms with E-state index in [4.69, 9.17) is 9.47 Å². The van der Waals surface area contributed by atoms with Gasteiger partial charge in [-0.1, -0.05) is 28.1 Å². The summed E-state index contributed by atoms with van der Waals surface area (Å²) in [5.74, 6) is 0.798. The van der Waals surface area contributed by atoms with E-state index in [1.165, 1.54) is 4.90 Å². The molecule has 1 N–H and O–H groups in total. The van der Waals surface area contributed by atoms with Gasteiger partial charge >= 0.3 is 0 Å². The van der Waals surface area contributed by atoms with Gasteiger partial charge in [0.05, 0.1) is 7.11 Å². The molecule has 0 aliphatic heterocycles. The van der Waals surface area contributed by atoms with Crippen LogP contribution in [0.4, 0.5) is 0 Å². The molecule has 0 aliphatic carbocycles. The van der Waals surface area contributed by atoms with Crippen molar-refractivity contribution in [2.75, 3.05) is 13.7 Å². The molecule has 7 heteroatoms. The van der Waals surface area contributed by atoms with Crippen LogP contribution in [0.5, 0.6) is 11.5 Å². The maximum Gasteiger partial charge on any atom is 0.261 e. The maximum absolute atomic E-state index is 12.9. The highest BCUT2D eigenvalue weighted by molar-refractivity contribution is 9.10. The highest BCUT2D eigenvalue weighted by atomic mass is 79.9. The van der Waals surface area contributed by atoms with Crippen LogP contribution in [0.15, 0.2) is 53.0 Å². The number of hydrogen-bond acceptors (Lipinski definition) is 4. The highest BCUT2D eigenvalue weighted by Crippen LogP contribution is 2.18. The second-order valence-corrected chi connectivity index (χ2v) is 7.87. The molecular formula is C22H27BrN2O4. The number of carbonyl (C=O) groups excluding carboxylic acids is 2. The third-order valence-electron chi connectivity index (χ3n) is 4.29. The molecule has 0 fully saturated rings. The third-order valence-corrected chi connectivity index (χ3v) is 4.81. The lowest BCUT2D eigenvalue weighted by Crippen LogP contribution is -2.50. The van der Waals surface area contributed by atoms with Crippen LogP contribution in [0.25, 0.3) is 0 Å². The minimum absolute atomic E-state index is 0.00914. The number of rotatable bonds is 9. The van der Waals surface area contributed by atoms with Gasteiger partial charge in [-0.05, 0) is 62.7 Å². The number of carbonyl (C=O) groups is 2. The lowest BCUT2D eigenvalue weighted by molar-refractivity contribution is -0.142. The Balaban J connectivity index is 2.11. The van der Waals surface area contributed by atoms with E-state index in [0.717, 1.165) is 10.0 Å². The Kier molecular flexibility index (Phi) is 8.51. The van der Waals surface area contributed by atoms with E-state index in [1.54, 1.807) is 38.3 Å². The number of amides is 2. The first-order valence-electron chi connectivity index (χ1n) is 9.41. The van der Waals surface area contributed by atoms with Crippen molar-refractivity contribution in [3.63, 3.8) is 0 Å². The molecule has 156 valence electrons. The van der Waals surface area contributed by atoms with Crippen LogP contribution in [0.3, 0.4) is 0 Å². The molecule has 0 spiro atoms. The van der Waals surface area contributed by atoms with E-state index in [0.29, 0.717) is 18.0 Å². The van der Waals surface area contributed by atoms with Gasteiger partial charge in [0.15, 0.2) is 6.61 Å². The van der Waals surface area contributed by atoms with Crippen molar-refractivity contribution in [3.8, 4) is 11.5 Å². The molecule has 0 radical (unpaired) electrons. The van der Waals surface area contributed by atoms with E-state index < -0.39 is 6.04 Å². The summed E-state index contributed by atoms with van der Waals surface area (Å²) in [5.41, 5.74) is 0.926. The quantitative estimate of drug-likeness (QED) is 0.615. The summed E-state index contributed by atoms with van der Waals surface area (Å²) in [6.45, 7) is 5.64. The van der Waals surface area contributed by atoms with Crippen LogP contribution in [-0.4, -0.2) is 42.5 Å². The van der Waals surface area contributed by atoms with E-state index >= 15 is 0 Å². The van der Waals surface area contributed by atoms with Gasteiger partial charge in [-0.15, -0.1) is 0 Å². The molecule has 2 amide bonds. The molecule has 2 aromatic carbocycles. The summed E-state index contributed by atoms with van der Waals surface area (Å²) in [6.07, 6.45) is 0. The van der Waals surface area contributed by atoms with Crippen LogP contribution in [0.2, 0.25) is 0 Å². The van der Waals surface area contributed by atoms with E-state index in [-0.39, 0.29) is 24.5 Å². The van der Waals surface area contributed by atoms with Crippen LogP contribution < -0.4 is 14.8 Å². The molecule has 2 rings (SSSR count). The van der Waals surface area contributed by atoms with Crippen LogP contribution in [0.1, 0.15) is 26.3 Å². The van der Waals surface area contributed by atoms with E-state index in [1.807, 2.05) is 38.1 Å². The molecule has 1 atom stereocenters. The molecule has 0 saturated carbocycles. The lowest BCUT2D eigenvalue weighted by Gasteiger charge is -2.29. The smallest absolute Gasteiger partial charge is 0.261 e. The van der Waals surface area contributed by atoms with Gasteiger partial charge < -0.3 is 19.7 Å². The predicted octanol–water partition coefficient (Wildman–Crippen LogP) is 3.78. The summed E-state index contributed by atoms with van der Waals surface area (Å²) < 4.78 is 11.7. The van der Waals surface area contributed by atoms with E-state index in [9.17, 15) is 9.59 Å². The maximum atomic E-state index is 12.9. The number of hydrogen-bond donors (Lipinski definition) is 1. The first kappa shape index (κ1) is 22.7. The van der Waals surface area contributed by atoms with Crippen molar-refractivity contribution in [2.45, 2.75) is 39.4 Å². The number of halogens is 1. The summed E-state index contributed by atoms with van der Waals surface area (Å²) in [5, 5.41) is 2.86. The van der Waals surface area contributed by atoms with Gasteiger partial charge in [0.25, 0.3) is 5.91 Å². The summed E-state index contributed by atoms with van der Waals surface area (Å²) >= 11 is 3.41. The second-order valence-electron chi connectivity index (χ2n) is 6.95. The zero-order valence-electron chi connectivity index (χ0n) is 17.1. The third kappa shape index (κ3) is 7.09. The van der Waals surface area contributed by atoms with Gasteiger partial charge in [-0.2, -0.15) is 0 Å².